The first-order valence-electron chi connectivity index (χ1n) is 13.4. The van der Waals surface area contributed by atoms with Gasteiger partial charge in [-0.1, -0.05) is 69.7 Å². The highest BCUT2D eigenvalue weighted by molar-refractivity contribution is 6.02. The molecule has 0 saturated carbocycles. The van der Waals surface area contributed by atoms with Crippen molar-refractivity contribution in [2.24, 2.45) is 29.6 Å². The average Bonchev–Trinajstić information content (AvgIpc) is 3.20. The van der Waals surface area contributed by atoms with Crippen LogP contribution in [0.3, 0.4) is 0 Å². The summed E-state index contributed by atoms with van der Waals surface area (Å²) in [4.78, 5) is 42.7. The van der Waals surface area contributed by atoms with Gasteiger partial charge in [-0.2, -0.15) is 0 Å². The number of ether oxygens (including phenoxy) is 1. The monoisotopic (exact) mass is 506 g/mol. The summed E-state index contributed by atoms with van der Waals surface area (Å²) in [5.41, 5.74) is 0.636. The quantitative estimate of drug-likeness (QED) is 0.388. The Morgan fingerprint density at radius 1 is 1.08 bits per heavy atom. The van der Waals surface area contributed by atoms with Gasteiger partial charge in [0.15, 0.2) is 0 Å². The number of esters is 1. The van der Waals surface area contributed by atoms with Gasteiger partial charge in [-0.3, -0.25) is 14.4 Å². The highest BCUT2D eigenvalue weighted by Gasteiger charge is 2.59. The molecule has 0 unspecified atom stereocenters. The molecule has 198 valence electrons. The molecule has 7 atom stereocenters. The molecule has 37 heavy (non-hydrogen) atoms. The maximum Gasteiger partial charge on any atom is 0.310 e. The first-order valence-corrected chi connectivity index (χ1v) is 13.4. The number of hydrogen-bond acceptors (Lipinski definition) is 5. The Hall–Kier alpha value is -3.19. The number of fused-ring (bicyclic) bond motifs is 2. The molecule has 2 amide bonds. The third-order valence-corrected chi connectivity index (χ3v) is 8.21. The number of aliphatic hydroxyl groups is 1. The van der Waals surface area contributed by atoms with E-state index in [9.17, 15) is 19.5 Å². The number of amides is 2. The molecule has 1 saturated heterocycles. The van der Waals surface area contributed by atoms with Gasteiger partial charge >= 0.3 is 5.97 Å². The van der Waals surface area contributed by atoms with Gasteiger partial charge in [-0.15, -0.1) is 0 Å². The number of nitrogens with zero attached hydrogens (tertiary/aromatic N) is 1. The van der Waals surface area contributed by atoms with Gasteiger partial charge in [0.1, 0.15) is 6.04 Å². The predicted octanol–water partition coefficient (Wildman–Crippen LogP) is 4.40. The van der Waals surface area contributed by atoms with Gasteiger partial charge in [0.05, 0.1) is 31.1 Å². The first kappa shape index (κ1) is 26.9. The van der Waals surface area contributed by atoms with Crippen molar-refractivity contribution in [2.45, 2.75) is 52.6 Å². The molecule has 7 nitrogen and oxygen atoms in total. The number of allylic oxidation sites excluding steroid dienone is 1. The number of likely N-dealkylation sites (tertiary alicyclic amines) is 1. The van der Waals surface area contributed by atoms with Gasteiger partial charge in [-0.05, 0) is 48.1 Å². The van der Waals surface area contributed by atoms with E-state index in [1.54, 1.807) is 11.8 Å². The van der Waals surface area contributed by atoms with Crippen LogP contribution in [-0.4, -0.2) is 53.1 Å². The van der Waals surface area contributed by atoms with Gasteiger partial charge < -0.3 is 20.1 Å². The number of benzene rings is 2. The summed E-state index contributed by atoms with van der Waals surface area (Å²) in [6.45, 7) is 7.68. The standard InChI is InChI=1S/C30H38N2O5/c1-5-18(4)24(17-33)32-27(28(34)31-22-14-12-20-10-8-9-11-21(20)16-22)23-15-13-19(6-2)25(26(23)29(32)35)30(36)37-7-3/h8-16,18-19,23-27,33H,5-7,17H2,1-4H3,(H,31,34)/t18-,19+,23-,24-,25+,26+,27-/m0/s1. The molecule has 0 aromatic heterocycles. The lowest BCUT2D eigenvalue weighted by molar-refractivity contribution is -0.156. The Balaban J connectivity index is 1.74. The van der Waals surface area contributed by atoms with Crippen LogP contribution in [0.4, 0.5) is 5.69 Å². The Labute approximate surface area is 218 Å². The second-order valence-corrected chi connectivity index (χ2v) is 10.2. The molecule has 2 aliphatic rings. The van der Waals surface area contributed by atoms with Gasteiger partial charge in [0.25, 0.3) is 0 Å². The van der Waals surface area contributed by atoms with Crippen LogP contribution in [0.5, 0.6) is 0 Å². The van der Waals surface area contributed by atoms with Crippen LogP contribution < -0.4 is 5.32 Å². The van der Waals surface area contributed by atoms with Crippen LogP contribution >= 0.6 is 0 Å². The van der Waals surface area contributed by atoms with E-state index >= 15 is 0 Å². The largest absolute Gasteiger partial charge is 0.466 e. The summed E-state index contributed by atoms with van der Waals surface area (Å²) < 4.78 is 5.40. The minimum absolute atomic E-state index is 0.0305. The average molecular weight is 507 g/mol. The zero-order valence-corrected chi connectivity index (χ0v) is 22.1. The van der Waals surface area contributed by atoms with Crippen molar-refractivity contribution in [3.63, 3.8) is 0 Å². The second-order valence-electron chi connectivity index (χ2n) is 10.2. The van der Waals surface area contributed by atoms with E-state index in [-0.39, 0.29) is 36.9 Å². The Morgan fingerprint density at radius 2 is 1.81 bits per heavy atom. The summed E-state index contributed by atoms with van der Waals surface area (Å²) in [5.74, 6) is -3.03. The van der Waals surface area contributed by atoms with Gasteiger partial charge in [-0.25, -0.2) is 0 Å². The van der Waals surface area contributed by atoms with E-state index in [0.717, 1.165) is 17.2 Å². The smallest absolute Gasteiger partial charge is 0.310 e. The van der Waals surface area contributed by atoms with Crippen LogP contribution in [-0.2, 0) is 19.1 Å². The van der Waals surface area contributed by atoms with Crippen molar-refractivity contribution in [2.75, 3.05) is 18.5 Å². The Kier molecular flexibility index (Phi) is 8.32. The highest BCUT2D eigenvalue weighted by atomic mass is 16.5. The fourth-order valence-corrected chi connectivity index (χ4v) is 6.05. The molecule has 2 aromatic carbocycles. The Bertz CT molecular complexity index is 1180. The molecule has 0 radical (unpaired) electrons. The normalized spacial score (nSPS) is 26.6. The van der Waals surface area contributed by atoms with E-state index in [4.69, 9.17) is 4.74 Å². The number of carbonyl (C=O) groups excluding carboxylic acids is 3. The molecular formula is C30H38N2O5. The van der Waals surface area contributed by atoms with Crippen molar-refractivity contribution in [1.29, 1.82) is 0 Å². The van der Waals surface area contributed by atoms with Crippen molar-refractivity contribution in [3.05, 3.63) is 54.6 Å². The van der Waals surface area contributed by atoms with Crippen molar-refractivity contribution < 1.29 is 24.2 Å². The third kappa shape index (κ3) is 5.01. The molecule has 1 aliphatic heterocycles. The molecule has 1 fully saturated rings. The zero-order valence-electron chi connectivity index (χ0n) is 22.1. The van der Waals surface area contributed by atoms with Crippen molar-refractivity contribution in [3.8, 4) is 0 Å². The molecule has 0 spiro atoms. The molecule has 4 rings (SSSR count). The van der Waals surface area contributed by atoms with Crippen LogP contribution in [0.25, 0.3) is 10.8 Å². The summed E-state index contributed by atoms with van der Waals surface area (Å²) >= 11 is 0. The SMILES string of the molecule is CCOC(=O)[C@H]1[C@@H]2C(=O)N([C@@H](CO)[C@@H](C)CC)[C@H](C(=O)Nc3ccc4ccccc4c3)[C@H]2C=C[C@H]1CC. The minimum Gasteiger partial charge on any atom is -0.466 e. The number of rotatable bonds is 9. The lowest BCUT2D eigenvalue weighted by atomic mass is 9.69. The van der Waals surface area contributed by atoms with Crippen LogP contribution in [0.2, 0.25) is 0 Å². The van der Waals surface area contributed by atoms with Crippen LogP contribution in [0.15, 0.2) is 54.6 Å². The zero-order chi connectivity index (χ0) is 26.7. The van der Waals surface area contributed by atoms with E-state index in [1.165, 1.54) is 0 Å². The molecule has 0 bridgehead atoms. The van der Waals surface area contributed by atoms with E-state index in [0.29, 0.717) is 12.1 Å². The van der Waals surface area contributed by atoms with Gasteiger partial charge in [0, 0.05) is 11.6 Å². The molecule has 1 aliphatic carbocycles. The maximum absolute atomic E-state index is 14.1. The molecule has 2 aromatic rings. The molecular weight excluding hydrogens is 468 g/mol. The van der Waals surface area contributed by atoms with Crippen LogP contribution in [0.1, 0.15) is 40.5 Å². The summed E-state index contributed by atoms with van der Waals surface area (Å²) in [5, 5.41) is 15.5. The second kappa shape index (κ2) is 11.5. The number of nitrogens with one attached hydrogen (secondary N) is 1. The lowest BCUT2D eigenvalue weighted by Gasteiger charge is -2.36. The van der Waals surface area contributed by atoms with E-state index < -0.39 is 35.8 Å². The minimum atomic E-state index is -0.846. The van der Waals surface area contributed by atoms with Crippen LogP contribution in [0, 0.1) is 29.6 Å². The molecule has 2 N–H and O–H groups in total. The highest BCUT2D eigenvalue weighted by Crippen LogP contribution is 2.46. The number of hydrogen-bond donors (Lipinski definition) is 2. The lowest BCUT2D eigenvalue weighted by Crippen LogP contribution is -2.52. The number of aliphatic hydroxyl groups excluding tert-OH is 1. The Morgan fingerprint density at radius 3 is 2.46 bits per heavy atom. The summed E-state index contributed by atoms with van der Waals surface area (Å²) in [6, 6.07) is 12.2. The molecule has 7 heteroatoms. The van der Waals surface area contributed by atoms with Crippen molar-refractivity contribution in [1.82, 2.24) is 4.90 Å². The first-order chi connectivity index (χ1) is 17.9. The molecule has 1 heterocycles. The van der Waals surface area contributed by atoms with E-state index in [2.05, 4.69) is 5.32 Å². The number of anilines is 1. The number of carbonyl (C=O) groups is 3. The topological polar surface area (TPSA) is 95.9 Å². The summed E-state index contributed by atoms with van der Waals surface area (Å²) in [6.07, 6.45) is 5.31. The summed E-state index contributed by atoms with van der Waals surface area (Å²) in [7, 11) is 0. The predicted molar refractivity (Wildman–Crippen MR) is 144 cm³/mol. The maximum atomic E-state index is 14.1. The third-order valence-electron chi connectivity index (χ3n) is 8.21. The fraction of sp³-hybridized carbons (Fsp3) is 0.500. The van der Waals surface area contributed by atoms with Gasteiger partial charge in [0.2, 0.25) is 11.8 Å². The van der Waals surface area contributed by atoms with E-state index in [1.807, 2.05) is 75.4 Å². The fourth-order valence-electron chi connectivity index (χ4n) is 6.05. The van der Waals surface area contributed by atoms with Crippen molar-refractivity contribution >= 4 is 34.2 Å².